The number of unbranched alkanes of at least 4 members (excludes halogenated alkanes) is 6. The van der Waals surface area contributed by atoms with Crippen LogP contribution in [0, 0.1) is 10.1 Å². The summed E-state index contributed by atoms with van der Waals surface area (Å²) < 4.78 is 31.7. The van der Waals surface area contributed by atoms with Gasteiger partial charge in [0.05, 0.1) is 32.5 Å². The maximum atomic E-state index is 11.8. The Kier molecular flexibility index (Phi) is 34.1. The van der Waals surface area contributed by atoms with Crippen LogP contribution in [0.3, 0.4) is 0 Å². The molecule has 0 aliphatic heterocycles. The molecule has 0 atom stereocenters. The van der Waals surface area contributed by atoms with Gasteiger partial charge >= 0.3 is 17.9 Å². The van der Waals surface area contributed by atoms with Crippen molar-refractivity contribution in [1.82, 2.24) is 44.7 Å². The van der Waals surface area contributed by atoms with Crippen molar-refractivity contribution in [2.75, 3.05) is 57.5 Å². The van der Waals surface area contributed by atoms with E-state index < -0.39 is 22.1 Å². The number of nitrogens with one attached hydrogen (secondary N) is 2. The van der Waals surface area contributed by atoms with Crippen LogP contribution in [0.2, 0.25) is 5.02 Å². The first kappa shape index (κ1) is 78.9. The summed E-state index contributed by atoms with van der Waals surface area (Å²) >= 11 is 5.85. The highest BCUT2D eigenvalue weighted by Gasteiger charge is 2.31. The van der Waals surface area contributed by atoms with Crippen molar-refractivity contribution < 1.29 is 39.6 Å². The lowest BCUT2D eigenvalue weighted by Crippen LogP contribution is -2.39. The fourth-order valence-corrected chi connectivity index (χ4v) is 10.3. The van der Waals surface area contributed by atoms with Gasteiger partial charge in [0, 0.05) is 82.8 Å². The van der Waals surface area contributed by atoms with Gasteiger partial charge in [0.1, 0.15) is 45.1 Å². The van der Waals surface area contributed by atoms with Gasteiger partial charge in [-0.15, -0.1) is 0 Å². The quantitative estimate of drug-likeness (QED) is 0.0110. The number of aryl methyl sites for hydroxylation is 4. The minimum absolute atomic E-state index is 0. The fraction of sp³-hybridized carbons (Fsp3) is 0.557. The number of pyridine rings is 3. The molecule has 5 aromatic heterocycles. The summed E-state index contributed by atoms with van der Waals surface area (Å²) in [6.45, 7) is 29.7. The Hall–Kier alpha value is -7.54. The Bertz CT molecular complexity index is 3580. The second kappa shape index (κ2) is 40.7. The number of fused-ring (bicyclic) bond motifs is 7. The highest BCUT2D eigenvalue weighted by molar-refractivity contribution is 6.37. The summed E-state index contributed by atoms with van der Waals surface area (Å²) in [6, 6.07) is 23.2. The van der Waals surface area contributed by atoms with Gasteiger partial charge in [-0.05, 0) is 151 Å². The molecule has 0 saturated heterocycles. The van der Waals surface area contributed by atoms with Gasteiger partial charge in [-0.2, -0.15) is 0 Å². The number of hydrogen-bond acceptors (Lipinski definition) is 18. The number of nitrogens with zero attached hydrogens (tertiary/aromatic N) is 8. The van der Waals surface area contributed by atoms with E-state index in [2.05, 4.69) is 67.6 Å². The fourth-order valence-electron chi connectivity index (χ4n) is 10.0. The van der Waals surface area contributed by atoms with Crippen LogP contribution in [0.25, 0.3) is 54.8 Å². The Balaban J connectivity index is 0.000000323. The van der Waals surface area contributed by atoms with E-state index in [9.17, 15) is 19.7 Å². The van der Waals surface area contributed by atoms with Crippen molar-refractivity contribution in [1.29, 1.82) is 0 Å². The molecule has 2 amide bonds. The van der Waals surface area contributed by atoms with Crippen molar-refractivity contribution in [3.63, 3.8) is 0 Å². The van der Waals surface area contributed by atoms with Gasteiger partial charge in [0.15, 0.2) is 11.6 Å². The number of imidazole rings is 2. The predicted octanol–water partition coefficient (Wildman–Crippen LogP) is 15.3. The molecule has 8 rings (SSSR count). The lowest BCUT2D eigenvalue weighted by atomic mass is 10.2. The minimum atomic E-state index is -0.797. The molecule has 0 radical (unpaired) electrons. The number of aromatic nitrogens is 7. The summed E-state index contributed by atoms with van der Waals surface area (Å²) in [5.74, 6) is 2.37. The summed E-state index contributed by atoms with van der Waals surface area (Å²) in [6.07, 6.45) is 15.4. The standard InChI is InChI=1S/C23H33N5O2.C18H25N5.C11H24O3.C9H5ClN2O2.C9H20N2O2.H2/c1-5-6-13-18-27-19-20(16-11-7-8-12-17(16)26-21(19)24)28(18)15-10-9-14-25-22(29)30-23(2,3)4;1-2-3-10-15-22-16-17(23(15)12-7-6-11-19)13-8-4-5-9-14(13)21-18(16)20;1-5-9-10-11(12-6-2,13-7-3)14-8-4;10-9-6-3-1-2-4-7(6)11-5-8(9)12(13)14;1-9(2,3)13-8(12)11-7-5-4-6-10;/h7-8,11-12H,5-6,9-10,13-15H2,1-4H3,(H2,24,26)(H,25,29);4-5,8-9H,2-3,6-7,10-12,19H2,1H3,(H2,20,21);5-10H2,1-4H3;1-5H;4-7,10H2,1-3H3,(H,11,12);1H/i;;;;;1+1. The van der Waals surface area contributed by atoms with Crippen LogP contribution in [0.4, 0.5) is 26.9 Å². The molecule has 24 heteroatoms. The number of rotatable bonds is 29. The topological polar surface area (TPSA) is 326 Å². The monoisotopic (exact) mass is 1330 g/mol. The number of alkyl carbamates (subject to hydrolysis) is 2. The third kappa shape index (κ3) is 25.3. The van der Waals surface area contributed by atoms with Crippen LogP contribution >= 0.6 is 11.6 Å². The van der Waals surface area contributed by atoms with E-state index in [1.807, 2.05) is 98.7 Å². The summed E-state index contributed by atoms with van der Waals surface area (Å²) in [5, 5.41) is 19.0. The highest BCUT2D eigenvalue weighted by atomic mass is 35.5. The van der Waals surface area contributed by atoms with Crippen LogP contribution in [0.15, 0.2) is 79.0 Å². The average Bonchev–Trinajstić information content (AvgIpc) is 1.64. The molecular weight excluding hydrogens is 1220 g/mol. The number of para-hydroxylation sites is 3. The second-order valence-electron chi connectivity index (χ2n) is 24.4. The number of carbonyl (C=O) groups is 2. The normalized spacial score (nSPS) is 11.5. The van der Waals surface area contributed by atoms with Crippen molar-refractivity contribution >= 4 is 95.9 Å². The number of hydrogen-bond donors (Lipinski definition) is 6. The number of nitro groups is 1. The van der Waals surface area contributed by atoms with Gasteiger partial charge in [0.2, 0.25) is 0 Å². The summed E-state index contributed by atoms with van der Waals surface area (Å²) in [7, 11) is 0. The molecule has 0 saturated carbocycles. The zero-order valence-corrected chi connectivity index (χ0v) is 58.7. The first-order chi connectivity index (χ1) is 45.0. The largest absolute Gasteiger partial charge is 0.444 e. The number of nitrogens with two attached hydrogens (primary N) is 4. The first-order valence-electron chi connectivity index (χ1n) is 33.5. The van der Waals surface area contributed by atoms with Gasteiger partial charge in [0.25, 0.3) is 5.97 Å². The third-order valence-corrected chi connectivity index (χ3v) is 14.7. The van der Waals surface area contributed by atoms with Gasteiger partial charge in [-0.3, -0.25) is 10.1 Å². The van der Waals surface area contributed by atoms with E-state index in [0.29, 0.717) is 62.0 Å². The summed E-state index contributed by atoms with van der Waals surface area (Å²) in [5.41, 5.74) is 28.6. The number of anilines is 2. The molecule has 0 fully saturated rings. The lowest BCUT2D eigenvalue weighted by molar-refractivity contribution is -0.384. The molecular formula is C70H109ClN14O9. The molecule has 520 valence electrons. The number of ether oxygens (including phenoxy) is 5. The minimum Gasteiger partial charge on any atom is -0.444 e. The smallest absolute Gasteiger partial charge is 0.407 e. The van der Waals surface area contributed by atoms with E-state index in [-0.39, 0.29) is 24.3 Å². The molecule has 5 heterocycles. The molecule has 94 heavy (non-hydrogen) atoms. The van der Waals surface area contributed by atoms with Crippen LogP contribution < -0.4 is 33.6 Å². The van der Waals surface area contributed by atoms with Crippen molar-refractivity contribution in [2.24, 2.45) is 11.5 Å². The molecule has 0 spiro atoms. The van der Waals surface area contributed by atoms with E-state index in [1.54, 1.807) is 24.3 Å². The first-order valence-corrected chi connectivity index (χ1v) is 33.8. The van der Waals surface area contributed by atoms with E-state index in [1.165, 1.54) is 6.20 Å². The Morgan fingerprint density at radius 2 is 0.957 bits per heavy atom. The van der Waals surface area contributed by atoms with Crippen LogP contribution in [-0.2, 0) is 49.6 Å². The molecule has 0 bridgehead atoms. The Morgan fingerprint density at radius 1 is 0.564 bits per heavy atom. The molecule has 0 unspecified atom stereocenters. The van der Waals surface area contributed by atoms with Gasteiger partial charge in [-0.1, -0.05) is 106 Å². The third-order valence-electron chi connectivity index (χ3n) is 14.3. The second-order valence-corrected chi connectivity index (χ2v) is 24.7. The Morgan fingerprint density at radius 3 is 1.36 bits per heavy atom. The Labute approximate surface area is 562 Å². The zero-order chi connectivity index (χ0) is 69.3. The number of halogens is 1. The zero-order valence-electron chi connectivity index (χ0n) is 57.9. The number of carbonyl (C=O) groups excluding carboxylic acids is 2. The molecule has 0 aliphatic rings. The van der Waals surface area contributed by atoms with Crippen molar-refractivity contribution in [3.8, 4) is 0 Å². The molecule has 8 aromatic rings. The van der Waals surface area contributed by atoms with E-state index in [4.69, 9.17) is 68.2 Å². The SMILES string of the molecule is CC(C)(C)OC(=O)NCCCCN.CCCCC(OCC)(OCC)OCC.CCCCc1nc2c(N)nc3ccccc3c2n1CCCCN.CCCCc1nc2c(N)nc3ccccc3c2n1CCCCNC(=O)OC(C)(C)C.O=[N+]([O-])c1cnc2ccccc2c1Cl.[2HH]. The maximum absolute atomic E-state index is 11.8. The number of nitrogen functional groups attached to an aromatic ring is 2. The van der Waals surface area contributed by atoms with Gasteiger partial charge < -0.3 is 66.4 Å². The summed E-state index contributed by atoms with van der Waals surface area (Å²) in [4.78, 5) is 55.5. The van der Waals surface area contributed by atoms with Crippen molar-refractivity contribution in [2.45, 2.75) is 210 Å². The maximum Gasteiger partial charge on any atom is 0.407 e. The number of amides is 2. The highest BCUT2D eigenvalue weighted by Crippen LogP contribution is 2.33. The van der Waals surface area contributed by atoms with Crippen LogP contribution in [-0.4, -0.2) is 114 Å². The van der Waals surface area contributed by atoms with Gasteiger partial charge in [-0.25, -0.2) is 34.5 Å². The lowest BCUT2D eigenvalue weighted by Gasteiger charge is -2.32. The average molecular weight is 1330 g/mol. The van der Waals surface area contributed by atoms with E-state index >= 15 is 0 Å². The van der Waals surface area contributed by atoms with Crippen LogP contribution in [0.5, 0.6) is 0 Å². The number of benzene rings is 3. The predicted molar refractivity (Wildman–Crippen MR) is 383 cm³/mol. The van der Waals surface area contributed by atoms with Crippen molar-refractivity contribution in [3.05, 3.63) is 106 Å². The molecule has 3 aromatic carbocycles. The van der Waals surface area contributed by atoms with E-state index in [0.717, 1.165) is 171 Å². The molecule has 0 aliphatic carbocycles. The molecule has 23 nitrogen and oxygen atoms in total. The van der Waals surface area contributed by atoms with Crippen LogP contribution in [0.1, 0.15) is 180 Å². The molecule has 10 N–H and O–H groups in total.